The van der Waals surface area contributed by atoms with Gasteiger partial charge in [0.1, 0.15) is 5.82 Å². The number of thioether (sulfide) groups is 1. The molecule has 2 rings (SSSR count). The summed E-state index contributed by atoms with van der Waals surface area (Å²) >= 11 is 1.41. The van der Waals surface area contributed by atoms with E-state index >= 15 is 0 Å². The number of carbonyl (C=O) groups is 1. The van der Waals surface area contributed by atoms with Crippen LogP contribution in [0.1, 0.15) is 25.0 Å². The summed E-state index contributed by atoms with van der Waals surface area (Å²) in [5.41, 5.74) is 0.834. The molecule has 1 amide bonds. The number of fused-ring (bicyclic) bond motifs is 1. The number of benzene rings is 1. The predicted molar refractivity (Wildman–Crippen MR) is 61.0 cm³/mol. The first-order chi connectivity index (χ1) is 7.63. The fraction of sp³-hybridized carbons (Fsp3) is 0.364. The first-order valence-electron chi connectivity index (χ1n) is 5.08. The number of nitrogens with one attached hydrogen (secondary N) is 1. The third-order valence-corrected chi connectivity index (χ3v) is 3.60. The van der Waals surface area contributed by atoms with Gasteiger partial charge in [-0.05, 0) is 24.3 Å². The number of carbonyl (C=O) groups excluding carboxylic acids is 1. The van der Waals surface area contributed by atoms with Gasteiger partial charge in [0.25, 0.3) is 5.91 Å². The van der Waals surface area contributed by atoms with Crippen LogP contribution in [0.15, 0.2) is 17.0 Å². The number of hydrogen-bond donors (Lipinski definition) is 2. The standard InChI is InChI=1S/C11H12FNO2S/c1-2-3-16-9-5-8-6(4-7(9)12)10(14)11(15)13-8/h4-5,10,14H,2-3H2,1H3,(H,13,15). The SMILES string of the molecule is CCCSc1cc2c(cc1F)C(O)C(=O)N2. The van der Waals surface area contributed by atoms with Gasteiger partial charge >= 0.3 is 0 Å². The molecule has 0 aliphatic carbocycles. The third-order valence-electron chi connectivity index (χ3n) is 2.37. The number of aliphatic hydroxyl groups is 1. The van der Waals surface area contributed by atoms with Crippen LogP contribution in [0, 0.1) is 5.82 Å². The maximum Gasteiger partial charge on any atom is 0.257 e. The van der Waals surface area contributed by atoms with Gasteiger partial charge in [0.05, 0.1) is 0 Å². The smallest absolute Gasteiger partial charge is 0.257 e. The van der Waals surface area contributed by atoms with Gasteiger partial charge in [-0.1, -0.05) is 6.92 Å². The van der Waals surface area contributed by atoms with Crippen LogP contribution in [0.3, 0.4) is 0 Å². The second kappa shape index (κ2) is 4.43. The summed E-state index contributed by atoms with van der Waals surface area (Å²) in [5.74, 6) is -0.0496. The van der Waals surface area contributed by atoms with Crippen molar-refractivity contribution < 1.29 is 14.3 Å². The van der Waals surface area contributed by atoms with Gasteiger partial charge in [-0.2, -0.15) is 0 Å². The Labute approximate surface area is 97.0 Å². The van der Waals surface area contributed by atoms with Crippen molar-refractivity contribution in [2.45, 2.75) is 24.3 Å². The molecule has 0 spiro atoms. The highest BCUT2D eigenvalue weighted by molar-refractivity contribution is 7.99. The second-order valence-corrected chi connectivity index (χ2v) is 4.75. The van der Waals surface area contributed by atoms with E-state index in [0.717, 1.165) is 12.2 Å². The molecule has 1 aromatic carbocycles. The Kier molecular flexibility index (Phi) is 3.16. The van der Waals surface area contributed by atoms with E-state index in [1.807, 2.05) is 6.92 Å². The molecule has 86 valence electrons. The van der Waals surface area contributed by atoms with Crippen LogP contribution in [0.4, 0.5) is 10.1 Å². The summed E-state index contributed by atoms with van der Waals surface area (Å²) in [6.07, 6.45) is -0.286. The van der Waals surface area contributed by atoms with E-state index < -0.39 is 12.0 Å². The van der Waals surface area contributed by atoms with Gasteiger partial charge < -0.3 is 10.4 Å². The van der Waals surface area contributed by atoms with Crippen molar-refractivity contribution >= 4 is 23.4 Å². The number of rotatable bonds is 3. The van der Waals surface area contributed by atoms with Crippen LogP contribution >= 0.6 is 11.8 Å². The summed E-state index contributed by atoms with van der Waals surface area (Å²) < 4.78 is 13.6. The summed E-state index contributed by atoms with van der Waals surface area (Å²) in [6, 6.07) is 2.81. The largest absolute Gasteiger partial charge is 0.378 e. The van der Waals surface area contributed by atoms with Crippen molar-refractivity contribution in [3.63, 3.8) is 0 Å². The van der Waals surface area contributed by atoms with E-state index in [9.17, 15) is 14.3 Å². The molecule has 0 bridgehead atoms. The Balaban J connectivity index is 2.33. The topological polar surface area (TPSA) is 49.3 Å². The van der Waals surface area contributed by atoms with E-state index in [1.54, 1.807) is 6.07 Å². The van der Waals surface area contributed by atoms with E-state index in [2.05, 4.69) is 5.32 Å². The number of hydrogen-bond acceptors (Lipinski definition) is 3. The average molecular weight is 241 g/mol. The number of amides is 1. The Morgan fingerprint density at radius 3 is 3.00 bits per heavy atom. The lowest BCUT2D eigenvalue weighted by Crippen LogP contribution is -2.10. The van der Waals surface area contributed by atoms with E-state index in [4.69, 9.17) is 0 Å². The minimum absolute atomic E-state index is 0.323. The second-order valence-electron chi connectivity index (χ2n) is 3.61. The molecule has 0 aromatic heterocycles. The Morgan fingerprint density at radius 2 is 2.31 bits per heavy atom. The van der Waals surface area contributed by atoms with Gasteiger partial charge in [0.15, 0.2) is 6.10 Å². The van der Waals surface area contributed by atoms with E-state index in [0.29, 0.717) is 16.1 Å². The Hall–Kier alpha value is -1.07. The zero-order valence-electron chi connectivity index (χ0n) is 8.79. The lowest BCUT2D eigenvalue weighted by atomic mass is 10.1. The van der Waals surface area contributed by atoms with E-state index in [-0.39, 0.29) is 5.82 Å². The van der Waals surface area contributed by atoms with Crippen molar-refractivity contribution in [3.8, 4) is 0 Å². The van der Waals surface area contributed by atoms with Crippen LogP contribution in [-0.4, -0.2) is 16.8 Å². The zero-order chi connectivity index (χ0) is 11.7. The van der Waals surface area contributed by atoms with Gasteiger partial charge in [-0.25, -0.2) is 4.39 Å². The zero-order valence-corrected chi connectivity index (χ0v) is 9.60. The molecule has 0 saturated carbocycles. The minimum atomic E-state index is -1.24. The molecular weight excluding hydrogens is 229 g/mol. The maximum absolute atomic E-state index is 13.6. The minimum Gasteiger partial charge on any atom is -0.378 e. The van der Waals surface area contributed by atoms with Crippen molar-refractivity contribution in [2.75, 3.05) is 11.1 Å². The van der Waals surface area contributed by atoms with Gasteiger partial charge in [-0.15, -0.1) is 11.8 Å². The van der Waals surface area contributed by atoms with Crippen molar-refractivity contribution in [2.24, 2.45) is 0 Å². The summed E-state index contributed by atoms with van der Waals surface area (Å²) in [5, 5.41) is 12.0. The molecule has 1 unspecified atom stereocenters. The normalized spacial score (nSPS) is 18.4. The molecule has 1 atom stereocenters. The van der Waals surface area contributed by atoms with Crippen LogP contribution in [-0.2, 0) is 4.79 Å². The average Bonchev–Trinajstić information content (AvgIpc) is 2.52. The molecule has 5 heteroatoms. The Morgan fingerprint density at radius 1 is 1.56 bits per heavy atom. The fourth-order valence-electron chi connectivity index (χ4n) is 1.57. The maximum atomic E-state index is 13.6. The summed E-state index contributed by atoms with van der Waals surface area (Å²) in [6.45, 7) is 2.02. The van der Waals surface area contributed by atoms with Crippen LogP contribution in [0.5, 0.6) is 0 Å². The third kappa shape index (κ3) is 1.92. The van der Waals surface area contributed by atoms with Gasteiger partial charge in [-0.3, -0.25) is 4.79 Å². The molecule has 3 nitrogen and oxygen atoms in total. The molecule has 1 aliphatic heterocycles. The van der Waals surface area contributed by atoms with Crippen molar-refractivity contribution in [1.82, 2.24) is 0 Å². The molecule has 0 radical (unpaired) electrons. The Bertz CT molecular complexity index is 436. The first-order valence-corrected chi connectivity index (χ1v) is 6.07. The molecule has 0 saturated heterocycles. The van der Waals surface area contributed by atoms with Crippen molar-refractivity contribution in [1.29, 1.82) is 0 Å². The molecule has 1 aromatic rings. The molecular formula is C11H12FNO2S. The van der Waals surface area contributed by atoms with Crippen LogP contribution in [0.2, 0.25) is 0 Å². The van der Waals surface area contributed by atoms with E-state index in [1.165, 1.54) is 17.8 Å². The number of aliphatic hydroxyl groups excluding tert-OH is 1. The van der Waals surface area contributed by atoms with Crippen LogP contribution < -0.4 is 5.32 Å². The highest BCUT2D eigenvalue weighted by Crippen LogP contribution is 2.36. The van der Waals surface area contributed by atoms with Gasteiger partial charge in [0.2, 0.25) is 0 Å². The van der Waals surface area contributed by atoms with Gasteiger partial charge in [0, 0.05) is 16.1 Å². The molecule has 2 N–H and O–H groups in total. The van der Waals surface area contributed by atoms with Crippen LogP contribution in [0.25, 0.3) is 0 Å². The molecule has 16 heavy (non-hydrogen) atoms. The molecule has 0 fully saturated rings. The fourth-order valence-corrected chi connectivity index (χ4v) is 2.39. The highest BCUT2D eigenvalue weighted by atomic mass is 32.2. The monoisotopic (exact) mass is 241 g/mol. The highest BCUT2D eigenvalue weighted by Gasteiger charge is 2.29. The van der Waals surface area contributed by atoms with Crippen molar-refractivity contribution in [3.05, 3.63) is 23.5 Å². The summed E-state index contributed by atoms with van der Waals surface area (Å²) in [7, 11) is 0. The number of halogens is 1. The molecule has 1 heterocycles. The quantitative estimate of drug-likeness (QED) is 0.798. The first kappa shape index (κ1) is 11.4. The summed E-state index contributed by atoms with van der Waals surface area (Å²) in [4.78, 5) is 11.7. The predicted octanol–water partition coefficient (Wildman–Crippen LogP) is 2.31. The molecule has 1 aliphatic rings. The lowest BCUT2D eigenvalue weighted by molar-refractivity contribution is -0.123. The lowest BCUT2D eigenvalue weighted by Gasteiger charge is -2.06. The number of anilines is 1.